The molecule has 0 aliphatic rings. The molecule has 0 bridgehead atoms. The summed E-state index contributed by atoms with van der Waals surface area (Å²) >= 11 is 6.19. The van der Waals surface area contributed by atoms with Crippen molar-refractivity contribution in [3.05, 3.63) is 77.3 Å². The van der Waals surface area contributed by atoms with E-state index in [0.717, 1.165) is 27.1 Å². The van der Waals surface area contributed by atoms with Gasteiger partial charge in [-0.2, -0.15) is 0 Å². The lowest BCUT2D eigenvalue weighted by Gasteiger charge is -2.10. The molecule has 0 saturated carbocycles. The van der Waals surface area contributed by atoms with Gasteiger partial charge in [0.2, 0.25) is 0 Å². The monoisotopic (exact) mass is 268 g/mol. The van der Waals surface area contributed by atoms with E-state index in [1.807, 2.05) is 54.6 Å². The summed E-state index contributed by atoms with van der Waals surface area (Å²) in [6.45, 7) is 0.562. The van der Waals surface area contributed by atoms with Crippen molar-refractivity contribution in [2.45, 2.75) is 6.61 Å². The Hall–Kier alpha value is -1.99. The van der Waals surface area contributed by atoms with Gasteiger partial charge in [0, 0.05) is 15.8 Å². The zero-order chi connectivity index (χ0) is 13.1. The SMILES string of the molecule is Clc1ccc(OCc2ccccc2)c2ccccc12. The molecule has 3 aromatic rings. The smallest absolute Gasteiger partial charge is 0.127 e. The Morgan fingerprint density at radius 1 is 0.737 bits per heavy atom. The van der Waals surface area contributed by atoms with Crippen LogP contribution in [0.2, 0.25) is 5.02 Å². The third kappa shape index (κ3) is 2.56. The van der Waals surface area contributed by atoms with Gasteiger partial charge in [-0.15, -0.1) is 0 Å². The predicted molar refractivity (Wildman–Crippen MR) is 79.7 cm³/mol. The highest BCUT2D eigenvalue weighted by atomic mass is 35.5. The Balaban J connectivity index is 1.91. The number of hydrogen-bond donors (Lipinski definition) is 0. The zero-order valence-corrected chi connectivity index (χ0v) is 11.1. The van der Waals surface area contributed by atoms with Gasteiger partial charge in [0.25, 0.3) is 0 Å². The van der Waals surface area contributed by atoms with Crippen molar-refractivity contribution < 1.29 is 4.74 Å². The topological polar surface area (TPSA) is 9.23 Å². The maximum Gasteiger partial charge on any atom is 0.127 e. The van der Waals surface area contributed by atoms with E-state index in [2.05, 4.69) is 12.1 Å². The number of hydrogen-bond acceptors (Lipinski definition) is 1. The third-order valence-corrected chi connectivity index (χ3v) is 3.40. The third-order valence-electron chi connectivity index (χ3n) is 3.07. The lowest BCUT2D eigenvalue weighted by molar-refractivity contribution is 0.310. The zero-order valence-electron chi connectivity index (χ0n) is 10.3. The molecule has 3 rings (SSSR count). The van der Waals surface area contributed by atoms with E-state index in [0.29, 0.717) is 6.61 Å². The second-order valence-corrected chi connectivity index (χ2v) is 4.77. The summed E-state index contributed by atoms with van der Waals surface area (Å²) in [5.74, 6) is 0.865. The molecule has 0 radical (unpaired) electrons. The molecule has 0 aliphatic heterocycles. The van der Waals surface area contributed by atoms with Crippen LogP contribution in [0.4, 0.5) is 0 Å². The summed E-state index contributed by atoms with van der Waals surface area (Å²) in [4.78, 5) is 0. The Morgan fingerprint density at radius 3 is 2.21 bits per heavy atom. The van der Waals surface area contributed by atoms with Crippen molar-refractivity contribution in [3.63, 3.8) is 0 Å². The van der Waals surface area contributed by atoms with E-state index in [1.54, 1.807) is 0 Å². The number of halogens is 1. The minimum absolute atomic E-state index is 0.562. The average Bonchev–Trinajstić information content (AvgIpc) is 2.48. The van der Waals surface area contributed by atoms with Crippen LogP contribution in [0.1, 0.15) is 5.56 Å². The van der Waals surface area contributed by atoms with Crippen LogP contribution in [-0.2, 0) is 6.61 Å². The molecule has 0 heterocycles. The molecule has 0 saturated heterocycles. The average molecular weight is 269 g/mol. The fraction of sp³-hybridized carbons (Fsp3) is 0.0588. The van der Waals surface area contributed by atoms with Crippen molar-refractivity contribution in [2.75, 3.05) is 0 Å². The molecular weight excluding hydrogens is 256 g/mol. The normalized spacial score (nSPS) is 10.6. The first-order valence-electron chi connectivity index (χ1n) is 6.18. The Bertz CT molecular complexity index is 692. The molecule has 19 heavy (non-hydrogen) atoms. The van der Waals surface area contributed by atoms with Crippen LogP contribution in [0.3, 0.4) is 0 Å². The molecule has 0 atom stereocenters. The van der Waals surface area contributed by atoms with Gasteiger partial charge < -0.3 is 4.74 Å². The fourth-order valence-corrected chi connectivity index (χ4v) is 2.32. The van der Waals surface area contributed by atoms with Crippen molar-refractivity contribution in [1.29, 1.82) is 0 Å². The van der Waals surface area contributed by atoms with Gasteiger partial charge in [-0.05, 0) is 17.7 Å². The number of ether oxygens (including phenoxy) is 1. The van der Waals surface area contributed by atoms with Gasteiger partial charge in [-0.3, -0.25) is 0 Å². The van der Waals surface area contributed by atoms with E-state index < -0.39 is 0 Å². The van der Waals surface area contributed by atoms with Crippen molar-refractivity contribution in [2.24, 2.45) is 0 Å². The summed E-state index contributed by atoms with van der Waals surface area (Å²) in [6.07, 6.45) is 0. The molecular formula is C17H13ClO. The molecule has 0 amide bonds. The van der Waals surface area contributed by atoms with Gasteiger partial charge in [-0.25, -0.2) is 0 Å². The maximum absolute atomic E-state index is 6.19. The summed E-state index contributed by atoms with van der Waals surface area (Å²) in [7, 11) is 0. The number of rotatable bonds is 3. The maximum atomic E-state index is 6.19. The lowest BCUT2D eigenvalue weighted by atomic mass is 10.1. The molecule has 3 aromatic carbocycles. The largest absolute Gasteiger partial charge is 0.488 e. The Labute approximate surface area is 117 Å². The molecule has 1 nitrogen and oxygen atoms in total. The summed E-state index contributed by atoms with van der Waals surface area (Å²) in [5.41, 5.74) is 1.15. The van der Waals surface area contributed by atoms with Gasteiger partial charge >= 0.3 is 0 Å². The second kappa shape index (κ2) is 5.33. The Morgan fingerprint density at radius 2 is 1.42 bits per heavy atom. The minimum Gasteiger partial charge on any atom is -0.488 e. The van der Waals surface area contributed by atoms with Crippen LogP contribution in [0.15, 0.2) is 66.7 Å². The lowest BCUT2D eigenvalue weighted by Crippen LogP contribution is -1.95. The highest BCUT2D eigenvalue weighted by Crippen LogP contribution is 2.31. The van der Waals surface area contributed by atoms with E-state index >= 15 is 0 Å². The molecule has 0 aromatic heterocycles. The molecule has 0 aliphatic carbocycles. The summed E-state index contributed by atoms with van der Waals surface area (Å²) in [5, 5.41) is 2.82. The van der Waals surface area contributed by atoms with Crippen molar-refractivity contribution in [1.82, 2.24) is 0 Å². The summed E-state index contributed by atoms with van der Waals surface area (Å²) in [6, 6.07) is 21.9. The van der Waals surface area contributed by atoms with E-state index in [-0.39, 0.29) is 0 Å². The van der Waals surface area contributed by atoms with Gasteiger partial charge in [0.1, 0.15) is 12.4 Å². The highest BCUT2D eigenvalue weighted by Gasteiger charge is 2.05. The summed E-state index contributed by atoms with van der Waals surface area (Å²) < 4.78 is 5.90. The Kier molecular flexibility index (Phi) is 3.39. The van der Waals surface area contributed by atoms with Crippen LogP contribution >= 0.6 is 11.6 Å². The van der Waals surface area contributed by atoms with Gasteiger partial charge in [0.05, 0.1) is 0 Å². The molecule has 0 unspecified atom stereocenters. The van der Waals surface area contributed by atoms with E-state index in [1.165, 1.54) is 0 Å². The quantitative estimate of drug-likeness (QED) is 0.644. The van der Waals surface area contributed by atoms with Crippen LogP contribution < -0.4 is 4.74 Å². The van der Waals surface area contributed by atoms with Crippen LogP contribution in [0.5, 0.6) is 5.75 Å². The fourth-order valence-electron chi connectivity index (χ4n) is 2.10. The number of benzene rings is 3. The van der Waals surface area contributed by atoms with Crippen molar-refractivity contribution in [3.8, 4) is 5.75 Å². The van der Waals surface area contributed by atoms with Gasteiger partial charge in [-0.1, -0.05) is 66.2 Å². The first-order valence-corrected chi connectivity index (χ1v) is 6.56. The van der Waals surface area contributed by atoms with Crippen LogP contribution in [0, 0.1) is 0 Å². The van der Waals surface area contributed by atoms with Crippen LogP contribution in [-0.4, -0.2) is 0 Å². The standard InChI is InChI=1S/C17H13ClO/c18-16-10-11-17(15-9-5-4-8-14(15)16)19-12-13-6-2-1-3-7-13/h1-11H,12H2. The number of fused-ring (bicyclic) bond motifs is 1. The van der Waals surface area contributed by atoms with Crippen molar-refractivity contribution >= 4 is 22.4 Å². The molecule has 2 heteroatoms. The first-order chi connectivity index (χ1) is 9.34. The molecule has 0 spiro atoms. The molecule has 94 valence electrons. The molecule has 0 fully saturated rings. The van der Waals surface area contributed by atoms with Gasteiger partial charge in [0.15, 0.2) is 0 Å². The van der Waals surface area contributed by atoms with E-state index in [4.69, 9.17) is 16.3 Å². The highest BCUT2D eigenvalue weighted by molar-refractivity contribution is 6.35. The van der Waals surface area contributed by atoms with E-state index in [9.17, 15) is 0 Å². The first kappa shape index (κ1) is 12.1. The molecule has 0 N–H and O–H groups in total. The second-order valence-electron chi connectivity index (χ2n) is 4.37. The predicted octanol–water partition coefficient (Wildman–Crippen LogP) is 5.07. The van der Waals surface area contributed by atoms with Crippen LogP contribution in [0.25, 0.3) is 10.8 Å². The minimum atomic E-state index is 0.562.